The first-order chi connectivity index (χ1) is 10.1. The lowest BCUT2D eigenvalue weighted by Crippen LogP contribution is -2.31. The summed E-state index contributed by atoms with van der Waals surface area (Å²) in [6, 6.07) is 8.77. The van der Waals surface area contributed by atoms with Crippen LogP contribution in [0.25, 0.3) is 0 Å². The normalized spacial score (nSPS) is 10.2. The van der Waals surface area contributed by atoms with Gasteiger partial charge in [0, 0.05) is 13.1 Å². The van der Waals surface area contributed by atoms with Gasteiger partial charge in [-0.25, -0.2) is 0 Å². The van der Waals surface area contributed by atoms with Gasteiger partial charge in [-0.05, 0) is 24.3 Å². The van der Waals surface area contributed by atoms with E-state index in [4.69, 9.17) is 15.2 Å². The van der Waals surface area contributed by atoms with Crippen molar-refractivity contribution in [2.45, 2.75) is 0 Å². The highest BCUT2D eigenvalue weighted by Crippen LogP contribution is 2.16. The van der Waals surface area contributed by atoms with E-state index in [2.05, 4.69) is 10.2 Å². The van der Waals surface area contributed by atoms with Crippen LogP contribution in [0.15, 0.2) is 30.3 Å². The van der Waals surface area contributed by atoms with Gasteiger partial charge in [-0.15, -0.1) is 0 Å². The summed E-state index contributed by atoms with van der Waals surface area (Å²) in [6.45, 7) is 0.835. The average molecular weight is 290 g/mol. The molecule has 2 rings (SSSR count). The number of methoxy groups -OCH3 is 1. The standard InChI is InChI=1S/C14H18N4O3/c1-18(14(19)12-9-13(15)17-16-12)7-8-21-11-5-3-10(20-2)4-6-11/h3-6,9H,7-8H2,1-2H3,(H3,15,16,17). The van der Waals surface area contributed by atoms with Crippen molar-refractivity contribution in [2.75, 3.05) is 33.0 Å². The molecular weight excluding hydrogens is 272 g/mol. The van der Waals surface area contributed by atoms with Gasteiger partial charge in [0.15, 0.2) is 0 Å². The Morgan fingerprint density at radius 3 is 2.57 bits per heavy atom. The molecule has 0 saturated heterocycles. The predicted octanol–water partition coefficient (Wildman–Crippen LogP) is 1.15. The molecule has 0 fully saturated rings. The van der Waals surface area contributed by atoms with Crippen molar-refractivity contribution < 1.29 is 14.3 Å². The third kappa shape index (κ3) is 3.88. The molecule has 21 heavy (non-hydrogen) atoms. The average Bonchev–Trinajstić information content (AvgIpc) is 2.93. The molecule has 0 aliphatic rings. The van der Waals surface area contributed by atoms with Crippen molar-refractivity contribution in [1.82, 2.24) is 15.1 Å². The Morgan fingerprint density at radius 2 is 2.00 bits per heavy atom. The highest BCUT2D eigenvalue weighted by molar-refractivity contribution is 5.92. The smallest absolute Gasteiger partial charge is 0.271 e. The summed E-state index contributed by atoms with van der Waals surface area (Å²) in [6.07, 6.45) is 0. The van der Waals surface area contributed by atoms with Gasteiger partial charge in [0.1, 0.15) is 29.6 Å². The first-order valence-corrected chi connectivity index (χ1v) is 6.43. The number of ether oxygens (including phenoxy) is 2. The summed E-state index contributed by atoms with van der Waals surface area (Å²) in [5.41, 5.74) is 5.83. The van der Waals surface area contributed by atoms with Crippen molar-refractivity contribution in [3.63, 3.8) is 0 Å². The molecule has 0 saturated carbocycles. The van der Waals surface area contributed by atoms with Crippen LogP contribution >= 0.6 is 0 Å². The van der Waals surface area contributed by atoms with Gasteiger partial charge in [0.05, 0.1) is 13.7 Å². The van der Waals surface area contributed by atoms with Gasteiger partial charge < -0.3 is 20.1 Å². The van der Waals surface area contributed by atoms with E-state index >= 15 is 0 Å². The summed E-state index contributed by atoms with van der Waals surface area (Å²) in [5, 5.41) is 6.31. The zero-order valence-corrected chi connectivity index (χ0v) is 12.0. The molecule has 1 amide bonds. The van der Waals surface area contributed by atoms with Crippen LogP contribution in [0.4, 0.5) is 5.82 Å². The minimum atomic E-state index is -0.183. The third-order valence-corrected chi connectivity index (χ3v) is 2.93. The largest absolute Gasteiger partial charge is 0.497 e. The van der Waals surface area contributed by atoms with Crippen LogP contribution in [0.2, 0.25) is 0 Å². The minimum absolute atomic E-state index is 0.183. The topological polar surface area (TPSA) is 93.5 Å². The van der Waals surface area contributed by atoms with E-state index in [9.17, 15) is 4.79 Å². The van der Waals surface area contributed by atoms with E-state index < -0.39 is 0 Å². The van der Waals surface area contributed by atoms with Crippen LogP contribution < -0.4 is 15.2 Å². The molecule has 0 aliphatic heterocycles. The Hall–Kier alpha value is -2.70. The predicted molar refractivity (Wildman–Crippen MR) is 78.4 cm³/mol. The highest BCUT2D eigenvalue weighted by atomic mass is 16.5. The van der Waals surface area contributed by atoms with Crippen LogP contribution in [0, 0.1) is 0 Å². The first-order valence-electron chi connectivity index (χ1n) is 6.43. The number of amides is 1. The van der Waals surface area contributed by atoms with Crippen LogP contribution in [-0.4, -0.2) is 48.3 Å². The fourth-order valence-electron chi connectivity index (χ4n) is 1.73. The second kappa shape index (κ2) is 6.65. The second-order valence-corrected chi connectivity index (χ2v) is 4.46. The Labute approximate surface area is 122 Å². The van der Waals surface area contributed by atoms with Crippen molar-refractivity contribution >= 4 is 11.7 Å². The summed E-state index contributed by atoms with van der Waals surface area (Å²) in [5.74, 6) is 1.60. The lowest BCUT2D eigenvalue weighted by Gasteiger charge is -2.16. The zero-order valence-electron chi connectivity index (χ0n) is 12.0. The third-order valence-electron chi connectivity index (χ3n) is 2.93. The number of nitrogens with two attached hydrogens (primary N) is 1. The number of nitrogens with zero attached hydrogens (tertiary/aromatic N) is 2. The number of carbonyl (C=O) groups excluding carboxylic acids is 1. The van der Waals surface area contributed by atoms with Crippen LogP contribution in [0.3, 0.4) is 0 Å². The van der Waals surface area contributed by atoms with Crippen LogP contribution in [-0.2, 0) is 0 Å². The number of nitrogen functional groups attached to an aromatic ring is 1. The quantitative estimate of drug-likeness (QED) is 0.832. The number of anilines is 1. The molecule has 112 valence electrons. The van der Waals surface area contributed by atoms with Gasteiger partial charge in [-0.1, -0.05) is 0 Å². The number of aromatic amines is 1. The Balaban J connectivity index is 1.80. The fraction of sp³-hybridized carbons (Fsp3) is 0.286. The molecule has 7 heteroatoms. The first kappa shape index (κ1) is 14.7. The number of hydrogen-bond acceptors (Lipinski definition) is 5. The van der Waals surface area contributed by atoms with Gasteiger partial charge in [0.2, 0.25) is 0 Å². The van der Waals surface area contributed by atoms with Gasteiger partial charge in [0.25, 0.3) is 5.91 Å². The number of H-pyrrole nitrogens is 1. The van der Waals surface area contributed by atoms with Crippen molar-refractivity contribution in [1.29, 1.82) is 0 Å². The fourth-order valence-corrected chi connectivity index (χ4v) is 1.73. The van der Waals surface area contributed by atoms with Crippen LogP contribution in [0.1, 0.15) is 10.5 Å². The summed E-state index contributed by atoms with van der Waals surface area (Å²) < 4.78 is 10.6. The van der Waals surface area contributed by atoms with Gasteiger partial charge in [-0.3, -0.25) is 9.89 Å². The van der Waals surface area contributed by atoms with Crippen LogP contribution in [0.5, 0.6) is 11.5 Å². The SMILES string of the molecule is COc1ccc(OCCN(C)C(=O)c2cc(N)n[nH]2)cc1. The van der Waals surface area contributed by atoms with E-state index in [-0.39, 0.29) is 5.91 Å². The molecule has 0 aliphatic carbocycles. The van der Waals surface area contributed by atoms with Crippen molar-refractivity contribution in [2.24, 2.45) is 0 Å². The lowest BCUT2D eigenvalue weighted by atomic mass is 10.3. The highest BCUT2D eigenvalue weighted by Gasteiger charge is 2.13. The zero-order chi connectivity index (χ0) is 15.2. The van der Waals surface area contributed by atoms with Gasteiger partial charge in [-0.2, -0.15) is 5.10 Å². The number of nitrogens with one attached hydrogen (secondary N) is 1. The molecule has 0 unspecified atom stereocenters. The molecule has 1 aromatic heterocycles. The molecule has 0 spiro atoms. The number of hydrogen-bond donors (Lipinski definition) is 2. The van der Waals surface area contributed by atoms with E-state index in [0.717, 1.165) is 11.5 Å². The summed E-state index contributed by atoms with van der Waals surface area (Å²) in [7, 11) is 3.30. The van der Waals surface area contributed by atoms with E-state index in [1.807, 2.05) is 24.3 Å². The molecule has 1 heterocycles. The maximum atomic E-state index is 12.0. The van der Waals surface area contributed by atoms with E-state index in [1.54, 1.807) is 14.2 Å². The molecule has 0 radical (unpaired) electrons. The van der Waals surface area contributed by atoms with Crippen molar-refractivity contribution in [3.8, 4) is 11.5 Å². The molecule has 0 bridgehead atoms. The molecule has 7 nitrogen and oxygen atoms in total. The maximum Gasteiger partial charge on any atom is 0.271 e. The Kier molecular flexibility index (Phi) is 4.65. The number of aromatic nitrogens is 2. The molecule has 3 N–H and O–H groups in total. The van der Waals surface area contributed by atoms with E-state index in [0.29, 0.717) is 24.7 Å². The van der Waals surface area contributed by atoms with E-state index in [1.165, 1.54) is 11.0 Å². The lowest BCUT2D eigenvalue weighted by molar-refractivity contribution is 0.0768. The number of benzene rings is 1. The Bertz CT molecular complexity index is 595. The monoisotopic (exact) mass is 290 g/mol. The Morgan fingerprint density at radius 1 is 1.33 bits per heavy atom. The molecule has 0 atom stereocenters. The number of carbonyl (C=O) groups is 1. The summed E-state index contributed by atoms with van der Waals surface area (Å²) in [4.78, 5) is 13.5. The molecule has 1 aromatic carbocycles. The second-order valence-electron chi connectivity index (χ2n) is 4.46. The minimum Gasteiger partial charge on any atom is -0.497 e. The number of rotatable bonds is 6. The maximum absolute atomic E-state index is 12.0. The molecule has 2 aromatic rings. The summed E-state index contributed by atoms with van der Waals surface area (Å²) >= 11 is 0. The van der Waals surface area contributed by atoms with Crippen molar-refractivity contribution in [3.05, 3.63) is 36.0 Å². The molecular formula is C14H18N4O3. The number of likely N-dealkylation sites (N-methyl/N-ethyl adjacent to an activating group) is 1. The van der Waals surface area contributed by atoms with Gasteiger partial charge >= 0.3 is 0 Å².